The number of benzene rings is 1. The van der Waals surface area contributed by atoms with Gasteiger partial charge in [-0.1, -0.05) is 57.9 Å². The van der Waals surface area contributed by atoms with Crippen LogP contribution in [0, 0.1) is 25.2 Å². The van der Waals surface area contributed by atoms with Gasteiger partial charge in [0.2, 0.25) is 17.7 Å². The van der Waals surface area contributed by atoms with Crippen molar-refractivity contribution in [1.82, 2.24) is 39.6 Å². The Morgan fingerprint density at radius 3 is 2.21 bits per heavy atom. The molecule has 6 heterocycles. The number of anilines is 1. The van der Waals surface area contributed by atoms with E-state index in [1.807, 2.05) is 75.8 Å². The first-order chi connectivity index (χ1) is 36.5. The molecule has 406 valence electrons. The SMILES string of the molecule is CC(=O)c1c(C)c2cnc(Cc3ccc(N4CCN(C(=O)COCCOCCOCC(=O)C[C@H](C(=O)N5C[C@H](O)C[C@H]5C(=O)NCc5ccc(-c6scnc6C)cc5)C(C)(C)C)CC4)cn3)nc2n(C2CCCC2)c1=O. The van der Waals surface area contributed by atoms with Crippen molar-refractivity contribution >= 4 is 57.3 Å². The van der Waals surface area contributed by atoms with Gasteiger partial charge in [0.1, 0.15) is 30.7 Å². The molecule has 19 nitrogen and oxygen atoms in total. The lowest BCUT2D eigenvalue weighted by Gasteiger charge is -2.36. The Hall–Kier alpha value is -6.32. The Morgan fingerprint density at radius 2 is 1.57 bits per heavy atom. The lowest BCUT2D eigenvalue weighted by molar-refractivity contribution is -0.147. The number of likely N-dealkylation sites (tertiary alicyclic amines) is 1. The predicted molar refractivity (Wildman–Crippen MR) is 287 cm³/mol. The Labute approximate surface area is 447 Å². The highest BCUT2D eigenvalue weighted by Gasteiger charge is 2.44. The number of aryl methyl sites for hydroxylation is 2. The van der Waals surface area contributed by atoms with Crippen LogP contribution in [0.5, 0.6) is 0 Å². The number of β-amino-alcohol motifs (C(OH)–C–C–N with tert-alkyl or cyclic N) is 1. The second-order valence-electron chi connectivity index (χ2n) is 21.2. The Morgan fingerprint density at radius 1 is 0.868 bits per heavy atom. The van der Waals surface area contributed by atoms with Gasteiger partial charge in [0.05, 0.1) is 72.5 Å². The van der Waals surface area contributed by atoms with Gasteiger partial charge in [0.15, 0.2) is 11.6 Å². The van der Waals surface area contributed by atoms with Crippen molar-refractivity contribution in [3.63, 3.8) is 0 Å². The highest BCUT2D eigenvalue weighted by Crippen LogP contribution is 2.35. The fourth-order valence-corrected chi connectivity index (χ4v) is 11.3. The molecule has 4 aromatic heterocycles. The number of fused-ring (bicyclic) bond motifs is 1. The molecule has 2 aliphatic heterocycles. The van der Waals surface area contributed by atoms with E-state index in [9.17, 15) is 33.9 Å². The Kier molecular flexibility index (Phi) is 18.6. The number of amides is 3. The molecule has 0 radical (unpaired) electrons. The summed E-state index contributed by atoms with van der Waals surface area (Å²) < 4.78 is 18.6. The van der Waals surface area contributed by atoms with Crippen molar-refractivity contribution in [1.29, 1.82) is 0 Å². The van der Waals surface area contributed by atoms with Crippen molar-refractivity contribution in [2.75, 3.05) is 77.3 Å². The topological polar surface area (TPSA) is 229 Å². The largest absolute Gasteiger partial charge is 0.391 e. The van der Waals surface area contributed by atoms with E-state index in [0.717, 1.165) is 58.8 Å². The van der Waals surface area contributed by atoms with Crippen LogP contribution in [0.4, 0.5) is 5.69 Å². The van der Waals surface area contributed by atoms with Crippen LogP contribution < -0.4 is 15.8 Å². The number of nitrogens with zero attached hydrogens (tertiary/aromatic N) is 8. The third-order valence-electron chi connectivity index (χ3n) is 14.7. The van der Waals surface area contributed by atoms with Gasteiger partial charge in [-0.15, -0.1) is 11.3 Å². The number of thiazole rings is 1. The summed E-state index contributed by atoms with van der Waals surface area (Å²) >= 11 is 1.57. The minimum Gasteiger partial charge on any atom is -0.391 e. The third-order valence-corrected chi connectivity index (χ3v) is 15.7. The molecule has 3 amide bonds. The van der Waals surface area contributed by atoms with E-state index in [-0.39, 0.29) is 112 Å². The summed E-state index contributed by atoms with van der Waals surface area (Å²) in [5, 5.41) is 14.2. The number of ketones is 2. The number of hydrogen-bond acceptors (Lipinski definition) is 16. The normalized spacial score (nSPS) is 17.6. The fraction of sp³-hybridized carbons (Fsp3) is 0.536. The van der Waals surface area contributed by atoms with E-state index in [4.69, 9.17) is 24.2 Å². The number of aliphatic hydroxyl groups is 1. The number of aliphatic hydroxyl groups excluding tert-OH is 1. The van der Waals surface area contributed by atoms with Crippen LogP contribution in [0.2, 0.25) is 0 Å². The number of nitrogens with one attached hydrogen (secondary N) is 1. The lowest BCUT2D eigenvalue weighted by atomic mass is 9.77. The van der Waals surface area contributed by atoms with Crippen molar-refractivity contribution in [3.05, 3.63) is 98.6 Å². The lowest BCUT2D eigenvalue weighted by Crippen LogP contribution is -2.50. The van der Waals surface area contributed by atoms with Gasteiger partial charge in [-0.25, -0.2) is 15.0 Å². The summed E-state index contributed by atoms with van der Waals surface area (Å²) in [5.74, 6) is -1.53. The average molecular weight is 1060 g/mol. The minimum atomic E-state index is -0.864. The van der Waals surface area contributed by atoms with Crippen LogP contribution in [0.1, 0.15) is 111 Å². The minimum absolute atomic E-state index is 0.00388. The first-order valence-electron chi connectivity index (χ1n) is 26.4. The van der Waals surface area contributed by atoms with Crippen LogP contribution in [0.25, 0.3) is 21.5 Å². The van der Waals surface area contributed by atoms with Crippen molar-refractivity contribution in [3.8, 4) is 10.4 Å². The summed E-state index contributed by atoms with van der Waals surface area (Å²) in [4.78, 5) is 105. The van der Waals surface area contributed by atoms with E-state index in [2.05, 4.69) is 20.2 Å². The van der Waals surface area contributed by atoms with Crippen LogP contribution in [0.15, 0.2) is 59.1 Å². The summed E-state index contributed by atoms with van der Waals surface area (Å²) in [5.41, 5.74) is 6.93. The second kappa shape index (κ2) is 25.2. The maximum absolute atomic E-state index is 14.0. The van der Waals surface area contributed by atoms with Crippen LogP contribution in [0.3, 0.4) is 0 Å². The number of hydrogen-bond donors (Lipinski definition) is 2. The van der Waals surface area contributed by atoms with Gasteiger partial charge in [-0.05, 0) is 67.9 Å². The number of piperazine rings is 1. The zero-order valence-electron chi connectivity index (χ0n) is 44.5. The van der Waals surface area contributed by atoms with Crippen LogP contribution in [-0.4, -0.2) is 153 Å². The maximum Gasteiger partial charge on any atom is 0.263 e. The molecule has 20 heteroatoms. The number of carbonyl (C=O) groups excluding carboxylic acids is 5. The van der Waals surface area contributed by atoms with Gasteiger partial charge in [0, 0.05) is 81.3 Å². The molecular formula is C56H71N9O10S. The molecular weight excluding hydrogens is 991 g/mol. The molecule has 1 aliphatic carbocycles. The van der Waals surface area contributed by atoms with Gasteiger partial charge in [-0.2, -0.15) is 0 Å². The number of carbonyl (C=O) groups is 5. The monoisotopic (exact) mass is 1060 g/mol. The Balaban J connectivity index is 0.703. The van der Waals surface area contributed by atoms with E-state index >= 15 is 0 Å². The molecule has 0 unspecified atom stereocenters. The molecule has 0 spiro atoms. The zero-order chi connectivity index (χ0) is 54.1. The van der Waals surface area contributed by atoms with Gasteiger partial charge in [0.25, 0.3) is 5.56 Å². The molecule has 3 fully saturated rings. The molecule has 5 aromatic rings. The molecule has 2 saturated heterocycles. The fourth-order valence-electron chi connectivity index (χ4n) is 10.4. The number of Topliss-reactive ketones (excluding diaryl/α,β-unsaturated/α-hetero) is 2. The second-order valence-corrected chi connectivity index (χ2v) is 22.1. The quantitative estimate of drug-likeness (QED) is 0.0650. The van der Waals surface area contributed by atoms with Crippen molar-refractivity contribution in [2.24, 2.45) is 11.3 Å². The predicted octanol–water partition coefficient (Wildman–Crippen LogP) is 5.43. The summed E-state index contributed by atoms with van der Waals surface area (Å²) in [6.07, 6.45) is 6.89. The van der Waals surface area contributed by atoms with E-state index in [1.165, 1.54) is 11.8 Å². The average Bonchev–Trinajstić information content (AvgIpc) is 4.20. The standard InChI is InChI=1S/C56H71N9O10S/c1-35-45-30-58-48(61-52(45)65(41-9-7-8-10-41)55(72)50(35)37(3)66)25-40-15-16-42(29-57-40)62-17-19-63(20-18-62)49(69)33-75-24-22-73-21-23-74-32-44(68)26-46(56(4,5)6)54(71)64-31-43(67)27-47(64)53(70)59-28-38-11-13-39(14-12-38)51-36(2)60-34-76-51/h11-16,29-30,34,41,43,46-47,67H,7-10,17-28,31-33H2,1-6H3,(H,59,70)/t43-,46-,47+/m1/s1. The molecule has 8 rings (SSSR count). The molecule has 0 bridgehead atoms. The molecule has 3 aliphatic rings. The van der Waals surface area contributed by atoms with Gasteiger partial charge < -0.3 is 39.3 Å². The van der Waals surface area contributed by atoms with Crippen LogP contribution in [-0.2, 0) is 46.4 Å². The van der Waals surface area contributed by atoms with E-state index in [0.29, 0.717) is 55.0 Å². The first-order valence-corrected chi connectivity index (χ1v) is 27.2. The highest BCUT2D eigenvalue weighted by atomic mass is 32.1. The number of pyridine rings is 2. The molecule has 2 N–H and O–H groups in total. The summed E-state index contributed by atoms with van der Waals surface area (Å²) in [7, 11) is 0. The highest BCUT2D eigenvalue weighted by molar-refractivity contribution is 7.13. The first kappa shape index (κ1) is 55.9. The van der Waals surface area contributed by atoms with Crippen molar-refractivity contribution in [2.45, 2.75) is 111 Å². The zero-order valence-corrected chi connectivity index (χ0v) is 45.4. The third kappa shape index (κ3) is 13.6. The summed E-state index contributed by atoms with van der Waals surface area (Å²) in [6.45, 7) is 13.9. The summed E-state index contributed by atoms with van der Waals surface area (Å²) in [6, 6.07) is 11.0. The van der Waals surface area contributed by atoms with Crippen molar-refractivity contribution < 1.29 is 43.3 Å². The van der Waals surface area contributed by atoms with Gasteiger partial charge in [-0.3, -0.25) is 38.3 Å². The molecule has 1 saturated carbocycles. The maximum atomic E-state index is 14.0. The van der Waals surface area contributed by atoms with Gasteiger partial charge >= 0.3 is 0 Å². The van der Waals surface area contributed by atoms with Crippen LogP contribution >= 0.6 is 11.3 Å². The van der Waals surface area contributed by atoms with E-state index in [1.54, 1.807) is 33.9 Å². The molecule has 3 atom stereocenters. The molecule has 76 heavy (non-hydrogen) atoms. The number of ether oxygens (including phenoxy) is 3. The van der Waals surface area contributed by atoms with E-state index < -0.39 is 23.5 Å². The number of aromatic nitrogens is 5. The molecule has 1 aromatic carbocycles. The number of rotatable bonds is 22. The smallest absolute Gasteiger partial charge is 0.263 e. The Bertz CT molecular complexity index is 2920.